The second kappa shape index (κ2) is 15.1. The summed E-state index contributed by atoms with van der Waals surface area (Å²) in [4.78, 5) is 12.2. The lowest BCUT2D eigenvalue weighted by atomic mass is 9.47. The van der Waals surface area contributed by atoms with Gasteiger partial charge in [0.25, 0.3) is 0 Å². The van der Waals surface area contributed by atoms with Crippen LogP contribution in [0.5, 0.6) is 0 Å². The van der Waals surface area contributed by atoms with Gasteiger partial charge in [-0.3, -0.25) is 4.79 Å². The zero-order valence-electron chi connectivity index (χ0n) is 30.8. The number of carbonyl (C=O) groups is 1. The highest BCUT2D eigenvalue weighted by Crippen LogP contribution is 2.67. The van der Waals surface area contributed by atoms with Crippen molar-refractivity contribution in [1.29, 1.82) is 0 Å². The molecule has 0 aromatic heterocycles. The van der Waals surface area contributed by atoms with Crippen LogP contribution in [0, 0.1) is 58.2 Å². The molecule has 0 aromatic rings. The van der Waals surface area contributed by atoms with Crippen molar-refractivity contribution in [3.8, 4) is 0 Å². The van der Waals surface area contributed by atoms with Gasteiger partial charge in [-0.25, -0.2) is 0 Å². The first-order chi connectivity index (χ1) is 22.2. The number of aliphatic hydroxyl groups excluding tert-OH is 3. The highest BCUT2D eigenvalue weighted by Gasteiger charge is 2.59. The van der Waals surface area contributed by atoms with E-state index in [1.807, 2.05) is 6.92 Å². The van der Waals surface area contributed by atoms with Gasteiger partial charge in [0.1, 0.15) is 31.0 Å². The number of hydrogen-bond acceptors (Lipinski definition) is 7. The largest absolute Gasteiger partial charge is 0.463 e. The summed E-state index contributed by atoms with van der Waals surface area (Å²) in [5, 5.41) is 32.0. The van der Waals surface area contributed by atoms with E-state index in [4.69, 9.17) is 14.2 Å². The molecule has 0 spiro atoms. The van der Waals surface area contributed by atoms with Gasteiger partial charge in [0.05, 0.1) is 12.0 Å². The predicted molar refractivity (Wildman–Crippen MR) is 184 cm³/mol. The Morgan fingerprint density at radius 3 is 2.36 bits per heavy atom. The molecule has 0 amide bonds. The molecule has 5 rings (SSSR count). The molecule has 47 heavy (non-hydrogen) atoms. The minimum absolute atomic E-state index is 0.139. The fourth-order valence-corrected chi connectivity index (χ4v) is 11.2. The normalized spacial score (nSPS) is 43.7. The first-order valence-electron chi connectivity index (χ1n) is 19.5. The average molecular weight is 661 g/mol. The number of hydrogen-bond donors (Lipinski definition) is 3. The maximum atomic E-state index is 12.2. The molecule has 5 aliphatic rings. The third kappa shape index (κ3) is 7.27. The highest BCUT2D eigenvalue weighted by atomic mass is 16.7. The quantitative estimate of drug-likeness (QED) is 0.148. The van der Waals surface area contributed by atoms with Crippen molar-refractivity contribution in [3.63, 3.8) is 0 Å². The standard InChI is InChI=1S/C40H68O7/c1-9-24(5)37(44)45-22-33-34(41)35(42)36(43)38(47-33)46-28-17-19-39(7)27(21-28)13-14-29-31-16-15-30(40(31,8)20-18-32(29)39)25(6)11-12-26(10-2)23(3)4/h13,23-26,28-36,38,41-43H,9-12,14-22H2,1-8H3. The fourth-order valence-electron chi connectivity index (χ4n) is 11.2. The Kier molecular flexibility index (Phi) is 12.0. The summed E-state index contributed by atoms with van der Waals surface area (Å²) in [6.07, 6.45) is 10.2. The lowest BCUT2D eigenvalue weighted by Crippen LogP contribution is -2.60. The van der Waals surface area contributed by atoms with E-state index in [9.17, 15) is 20.1 Å². The molecule has 15 atom stereocenters. The van der Waals surface area contributed by atoms with E-state index < -0.39 is 30.7 Å². The number of aliphatic hydroxyl groups is 3. The van der Waals surface area contributed by atoms with Crippen LogP contribution >= 0.6 is 0 Å². The van der Waals surface area contributed by atoms with Crippen molar-refractivity contribution >= 4 is 5.97 Å². The zero-order chi connectivity index (χ0) is 34.3. The smallest absolute Gasteiger partial charge is 0.308 e. The first-order valence-corrected chi connectivity index (χ1v) is 19.5. The second-order valence-corrected chi connectivity index (χ2v) is 17.4. The maximum Gasteiger partial charge on any atom is 0.308 e. The van der Waals surface area contributed by atoms with Crippen molar-refractivity contribution in [2.45, 2.75) is 169 Å². The van der Waals surface area contributed by atoms with Gasteiger partial charge in [0.15, 0.2) is 6.29 Å². The molecule has 1 heterocycles. The molecular weight excluding hydrogens is 592 g/mol. The van der Waals surface area contributed by atoms with Crippen LogP contribution in [0.1, 0.15) is 132 Å². The molecule has 4 fully saturated rings. The van der Waals surface area contributed by atoms with Gasteiger partial charge in [-0.1, -0.05) is 79.9 Å². The van der Waals surface area contributed by atoms with Crippen LogP contribution in [0.3, 0.4) is 0 Å². The monoisotopic (exact) mass is 660 g/mol. The van der Waals surface area contributed by atoms with Gasteiger partial charge in [-0.2, -0.15) is 0 Å². The lowest BCUT2D eigenvalue weighted by Gasteiger charge is -2.58. The maximum absolute atomic E-state index is 12.2. The van der Waals surface area contributed by atoms with Crippen molar-refractivity contribution in [2.24, 2.45) is 58.2 Å². The van der Waals surface area contributed by atoms with E-state index >= 15 is 0 Å². The number of carbonyl (C=O) groups excluding carboxylic acids is 1. The van der Waals surface area contributed by atoms with Crippen LogP contribution in [0.4, 0.5) is 0 Å². The van der Waals surface area contributed by atoms with Crippen molar-refractivity contribution in [1.82, 2.24) is 0 Å². The van der Waals surface area contributed by atoms with E-state index in [-0.39, 0.29) is 30.0 Å². The van der Waals surface area contributed by atoms with Crippen molar-refractivity contribution in [2.75, 3.05) is 6.61 Å². The molecule has 0 aromatic carbocycles. The summed E-state index contributed by atoms with van der Waals surface area (Å²) in [5.41, 5.74) is 2.13. The number of allylic oxidation sites excluding steroid dienone is 1. The molecule has 1 aliphatic heterocycles. The minimum atomic E-state index is -1.44. The molecule has 3 saturated carbocycles. The molecule has 1 saturated heterocycles. The zero-order valence-corrected chi connectivity index (χ0v) is 30.8. The van der Waals surface area contributed by atoms with Crippen LogP contribution in [-0.4, -0.2) is 64.7 Å². The summed E-state index contributed by atoms with van der Waals surface area (Å²) in [5.74, 6) is 4.93. The molecule has 7 nitrogen and oxygen atoms in total. The topological polar surface area (TPSA) is 105 Å². The van der Waals surface area contributed by atoms with Gasteiger partial charge in [-0.05, 0) is 116 Å². The molecule has 0 radical (unpaired) electrons. The summed E-state index contributed by atoms with van der Waals surface area (Å²) in [7, 11) is 0. The molecule has 3 N–H and O–H groups in total. The van der Waals surface area contributed by atoms with Crippen LogP contribution in [0.25, 0.3) is 0 Å². The van der Waals surface area contributed by atoms with E-state index in [1.165, 1.54) is 50.5 Å². The van der Waals surface area contributed by atoms with Crippen LogP contribution in [0.2, 0.25) is 0 Å². The Hall–Kier alpha value is -0.990. The van der Waals surface area contributed by atoms with E-state index in [0.29, 0.717) is 17.8 Å². The molecule has 7 heteroatoms. The van der Waals surface area contributed by atoms with E-state index in [0.717, 1.165) is 61.2 Å². The Bertz CT molecular complexity index is 1090. The highest BCUT2D eigenvalue weighted by molar-refractivity contribution is 5.71. The Morgan fingerprint density at radius 1 is 0.936 bits per heavy atom. The minimum Gasteiger partial charge on any atom is -0.463 e. The molecule has 15 unspecified atom stereocenters. The summed E-state index contributed by atoms with van der Waals surface area (Å²) < 4.78 is 17.7. The number of rotatable bonds is 12. The van der Waals surface area contributed by atoms with Gasteiger partial charge >= 0.3 is 5.97 Å². The SMILES string of the molecule is CCC(C)C(=O)OCC1OC(OC2CCC3(C)C(=CCC4C3CCC3(C)C(C(C)CCC(CC)C(C)C)CCC43)C2)C(O)C(O)C1O. The third-order valence-corrected chi connectivity index (χ3v) is 14.7. The Balaban J connectivity index is 1.21. The fraction of sp³-hybridized carbons (Fsp3) is 0.925. The van der Waals surface area contributed by atoms with Gasteiger partial charge in [0.2, 0.25) is 0 Å². The van der Waals surface area contributed by atoms with E-state index in [2.05, 4.69) is 47.6 Å². The average Bonchev–Trinajstić information content (AvgIpc) is 3.41. The summed E-state index contributed by atoms with van der Waals surface area (Å²) in [6, 6.07) is 0. The molecule has 4 aliphatic carbocycles. The molecule has 270 valence electrons. The number of esters is 1. The molecular formula is C40H68O7. The van der Waals surface area contributed by atoms with Crippen LogP contribution in [0.15, 0.2) is 11.6 Å². The second-order valence-electron chi connectivity index (χ2n) is 17.4. The van der Waals surface area contributed by atoms with Gasteiger partial charge < -0.3 is 29.5 Å². The van der Waals surface area contributed by atoms with Crippen LogP contribution < -0.4 is 0 Å². The van der Waals surface area contributed by atoms with E-state index in [1.54, 1.807) is 6.92 Å². The third-order valence-electron chi connectivity index (χ3n) is 14.7. The Morgan fingerprint density at radius 2 is 1.68 bits per heavy atom. The summed E-state index contributed by atoms with van der Waals surface area (Å²) in [6.45, 7) is 18.4. The van der Waals surface area contributed by atoms with Crippen LogP contribution in [-0.2, 0) is 19.0 Å². The predicted octanol–water partition coefficient (Wildman–Crippen LogP) is 7.45. The number of ether oxygens (including phenoxy) is 3. The molecule has 0 bridgehead atoms. The lowest BCUT2D eigenvalue weighted by molar-refractivity contribution is -0.313. The Labute approximate surface area is 285 Å². The first kappa shape index (κ1) is 37.3. The van der Waals surface area contributed by atoms with Crippen molar-refractivity contribution < 1.29 is 34.3 Å². The van der Waals surface area contributed by atoms with Crippen molar-refractivity contribution in [3.05, 3.63) is 11.6 Å². The number of fused-ring (bicyclic) bond motifs is 5. The van der Waals surface area contributed by atoms with Gasteiger partial charge in [0, 0.05) is 0 Å². The van der Waals surface area contributed by atoms with Gasteiger partial charge in [-0.15, -0.1) is 0 Å². The summed E-state index contributed by atoms with van der Waals surface area (Å²) >= 11 is 0.